The molecule has 0 saturated heterocycles. The number of ether oxygens (including phenoxy) is 3. The van der Waals surface area contributed by atoms with E-state index >= 15 is 0 Å². The first-order chi connectivity index (χ1) is 11.7. The van der Waals surface area contributed by atoms with E-state index in [1.165, 1.54) is 0 Å². The van der Waals surface area contributed by atoms with Gasteiger partial charge in [0.15, 0.2) is 0 Å². The molecule has 0 fully saturated rings. The number of carbonyl (C=O) groups is 2. The van der Waals surface area contributed by atoms with Crippen molar-refractivity contribution in [2.75, 3.05) is 20.3 Å². The van der Waals surface area contributed by atoms with Crippen LogP contribution in [0, 0.1) is 0 Å². The fourth-order valence-corrected chi connectivity index (χ4v) is 1.72. The number of alkyl carbamates (subject to hydrolysis) is 1. The van der Waals surface area contributed by atoms with Crippen molar-refractivity contribution in [3.63, 3.8) is 0 Å². The lowest BCUT2D eigenvalue weighted by Crippen LogP contribution is -2.46. The van der Waals surface area contributed by atoms with Gasteiger partial charge in [-0.25, -0.2) is 9.78 Å². The molecule has 0 radical (unpaired) electrons. The van der Waals surface area contributed by atoms with Crippen LogP contribution in [0.4, 0.5) is 4.79 Å². The Hall–Kier alpha value is -2.35. The van der Waals surface area contributed by atoms with Gasteiger partial charge in [-0.2, -0.15) is 0 Å². The second-order valence-electron chi connectivity index (χ2n) is 6.43. The summed E-state index contributed by atoms with van der Waals surface area (Å²) < 4.78 is 15.4. The Balaban J connectivity index is 2.38. The minimum absolute atomic E-state index is 0.296. The maximum atomic E-state index is 12.0. The van der Waals surface area contributed by atoms with Gasteiger partial charge in [-0.05, 0) is 33.3 Å². The molecule has 1 aromatic heterocycles. The maximum absolute atomic E-state index is 12.0. The first-order valence-corrected chi connectivity index (χ1v) is 8.05. The lowest BCUT2D eigenvalue weighted by Gasteiger charge is -2.21. The van der Waals surface area contributed by atoms with Crippen LogP contribution >= 0.6 is 0 Å². The number of aromatic nitrogens is 1. The average molecular weight is 353 g/mol. The Bertz CT molecular complexity index is 554. The van der Waals surface area contributed by atoms with E-state index in [2.05, 4.69) is 15.6 Å². The Morgan fingerprint density at radius 2 is 1.96 bits per heavy atom. The summed E-state index contributed by atoms with van der Waals surface area (Å²) in [6, 6.07) is 2.82. The molecule has 0 saturated carbocycles. The molecule has 0 bridgehead atoms. The van der Waals surface area contributed by atoms with Gasteiger partial charge in [0.25, 0.3) is 0 Å². The Labute approximate surface area is 148 Å². The third-order valence-corrected chi connectivity index (χ3v) is 2.93. The summed E-state index contributed by atoms with van der Waals surface area (Å²) in [6.07, 6.45) is 0.989. The molecule has 8 nitrogen and oxygen atoms in total. The summed E-state index contributed by atoms with van der Waals surface area (Å²) >= 11 is 0. The van der Waals surface area contributed by atoms with Crippen molar-refractivity contribution in [2.24, 2.45) is 0 Å². The molecule has 1 atom stereocenters. The topological polar surface area (TPSA) is 98.8 Å². The number of hydrogen-bond acceptors (Lipinski definition) is 6. The molecule has 2 N–H and O–H groups in total. The highest BCUT2D eigenvalue weighted by Crippen LogP contribution is 2.08. The van der Waals surface area contributed by atoms with Crippen LogP contribution in [-0.2, 0) is 20.8 Å². The molecule has 25 heavy (non-hydrogen) atoms. The number of nitrogens with one attached hydrogen (secondary N) is 2. The molecule has 1 heterocycles. The Kier molecular flexibility index (Phi) is 8.13. The number of methoxy groups -OCH3 is 1. The second-order valence-corrected chi connectivity index (χ2v) is 6.43. The van der Waals surface area contributed by atoms with Crippen LogP contribution in [0.2, 0.25) is 0 Å². The van der Waals surface area contributed by atoms with Gasteiger partial charge in [-0.3, -0.25) is 4.79 Å². The van der Waals surface area contributed by atoms with Gasteiger partial charge in [-0.1, -0.05) is 6.07 Å². The zero-order chi connectivity index (χ0) is 18.9. The molecule has 1 aromatic rings. The van der Waals surface area contributed by atoms with Gasteiger partial charge in [0.05, 0.1) is 6.61 Å². The molecule has 1 rings (SSSR count). The smallest absolute Gasteiger partial charge is 0.408 e. The van der Waals surface area contributed by atoms with E-state index in [0.29, 0.717) is 25.6 Å². The third-order valence-electron chi connectivity index (χ3n) is 2.93. The average Bonchev–Trinajstić information content (AvgIpc) is 2.52. The quantitative estimate of drug-likeness (QED) is 0.689. The van der Waals surface area contributed by atoms with Crippen LogP contribution in [0.1, 0.15) is 33.3 Å². The molecule has 0 aliphatic carbocycles. The normalized spacial score (nSPS) is 12.2. The van der Waals surface area contributed by atoms with Gasteiger partial charge in [0.2, 0.25) is 11.8 Å². The van der Waals surface area contributed by atoms with E-state index in [-0.39, 0.29) is 5.91 Å². The summed E-state index contributed by atoms with van der Waals surface area (Å²) in [6.45, 7) is 8.07. The van der Waals surface area contributed by atoms with Crippen molar-refractivity contribution >= 4 is 12.0 Å². The minimum Gasteiger partial charge on any atom is -0.475 e. The van der Waals surface area contributed by atoms with Crippen molar-refractivity contribution in [3.8, 4) is 5.88 Å². The molecular formula is C17H27N3O5. The summed E-state index contributed by atoms with van der Waals surface area (Å²) in [5, 5.41) is 5.22. The summed E-state index contributed by atoms with van der Waals surface area (Å²) in [7, 11) is 1.60. The van der Waals surface area contributed by atoms with Crippen molar-refractivity contribution in [3.05, 3.63) is 23.9 Å². The number of amides is 2. The highest BCUT2D eigenvalue weighted by Gasteiger charge is 2.20. The van der Waals surface area contributed by atoms with Crippen LogP contribution < -0.4 is 15.4 Å². The zero-order valence-electron chi connectivity index (χ0n) is 15.4. The van der Waals surface area contributed by atoms with E-state index in [0.717, 1.165) is 5.56 Å². The van der Waals surface area contributed by atoms with Gasteiger partial charge in [0.1, 0.15) is 18.2 Å². The molecule has 2 amide bonds. The maximum Gasteiger partial charge on any atom is 0.408 e. The first-order valence-electron chi connectivity index (χ1n) is 8.05. The van der Waals surface area contributed by atoms with Crippen molar-refractivity contribution in [1.82, 2.24) is 15.6 Å². The number of pyridine rings is 1. The van der Waals surface area contributed by atoms with Gasteiger partial charge in [0, 0.05) is 25.9 Å². The predicted molar refractivity (Wildman–Crippen MR) is 92.3 cm³/mol. The van der Waals surface area contributed by atoms with Crippen LogP contribution in [0.25, 0.3) is 0 Å². The van der Waals surface area contributed by atoms with Crippen LogP contribution in [-0.4, -0.2) is 49.0 Å². The Morgan fingerprint density at radius 3 is 2.52 bits per heavy atom. The molecule has 8 heteroatoms. The van der Waals surface area contributed by atoms with Crippen molar-refractivity contribution in [2.45, 2.75) is 45.9 Å². The zero-order valence-corrected chi connectivity index (χ0v) is 15.4. The summed E-state index contributed by atoms with van der Waals surface area (Å²) in [4.78, 5) is 27.8. The largest absolute Gasteiger partial charge is 0.475 e. The molecular weight excluding hydrogens is 326 g/mol. The van der Waals surface area contributed by atoms with Gasteiger partial charge in [-0.15, -0.1) is 0 Å². The van der Waals surface area contributed by atoms with Crippen LogP contribution in [0.5, 0.6) is 5.88 Å². The van der Waals surface area contributed by atoms with Gasteiger partial charge < -0.3 is 24.8 Å². The predicted octanol–water partition coefficient (Wildman–Crippen LogP) is 1.64. The molecule has 0 aliphatic rings. The summed E-state index contributed by atoms with van der Waals surface area (Å²) in [5.41, 5.74) is 0.204. The Morgan fingerprint density at radius 1 is 1.24 bits per heavy atom. The standard InChI is InChI=1S/C17H27N3O5/c1-12(20-16(22)25-17(2,3)4)15(21)19-11-13-6-7-14(18-10-13)24-9-8-23-5/h6-7,10,12H,8-9,11H2,1-5H3,(H,19,21)(H,20,22)/t12-/m1/s1. The number of rotatable bonds is 8. The second kappa shape index (κ2) is 9.83. The SMILES string of the molecule is COCCOc1ccc(CNC(=O)[C@@H](C)NC(=O)OC(C)(C)C)cn1. The van der Waals surface area contributed by atoms with Crippen LogP contribution in [0.3, 0.4) is 0 Å². The highest BCUT2D eigenvalue weighted by atomic mass is 16.6. The van der Waals surface area contributed by atoms with E-state index in [1.807, 2.05) is 0 Å². The molecule has 140 valence electrons. The van der Waals surface area contributed by atoms with Gasteiger partial charge >= 0.3 is 6.09 Å². The number of nitrogens with zero attached hydrogens (tertiary/aromatic N) is 1. The van der Waals surface area contributed by atoms with Crippen LogP contribution in [0.15, 0.2) is 18.3 Å². The molecule has 0 unspecified atom stereocenters. The first kappa shape index (κ1) is 20.7. The van der Waals surface area contributed by atoms with Crippen molar-refractivity contribution < 1.29 is 23.8 Å². The number of hydrogen-bond donors (Lipinski definition) is 2. The molecule has 0 aliphatic heterocycles. The monoisotopic (exact) mass is 353 g/mol. The number of carbonyl (C=O) groups excluding carboxylic acids is 2. The molecule has 0 aromatic carbocycles. The fourth-order valence-electron chi connectivity index (χ4n) is 1.72. The van der Waals surface area contributed by atoms with E-state index in [9.17, 15) is 9.59 Å². The minimum atomic E-state index is -0.709. The fraction of sp³-hybridized carbons (Fsp3) is 0.588. The molecule has 0 spiro atoms. The van der Waals surface area contributed by atoms with Crippen molar-refractivity contribution in [1.29, 1.82) is 0 Å². The van der Waals surface area contributed by atoms with E-state index in [1.54, 1.807) is 53.1 Å². The highest BCUT2D eigenvalue weighted by molar-refractivity contribution is 5.85. The van der Waals surface area contributed by atoms with E-state index in [4.69, 9.17) is 14.2 Å². The lowest BCUT2D eigenvalue weighted by atomic mass is 10.2. The third kappa shape index (κ3) is 8.90. The lowest BCUT2D eigenvalue weighted by molar-refractivity contribution is -0.122. The van der Waals surface area contributed by atoms with E-state index < -0.39 is 17.7 Å². The summed E-state index contributed by atoms with van der Waals surface area (Å²) in [5.74, 6) is 0.179.